The van der Waals surface area contributed by atoms with Crippen LogP contribution in [0.5, 0.6) is 5.75 Å². The van der Waals surface area contributed by atoms with Crippen LogP contribution in [0.3, 0.4) is 0 Å². The van der Waals surface area contributed by atoms with Gasteiger partial charge in [-0.25, -0.2) is 4.98 Å². The number of nitrogens with zero attached hydrogens (tertiary/aromatic N) is 2. The van der Waals surface area contributed by atoms with Crippen LogP contribution in [0.25, 0.3) is 11.0 Å². The lowest BCUT2D eigenvalue weighted by Crippen LogP contribution is -2.17. The predicted octanol–water partition coefficient (Wildman–Crippen LogP) is 4.38. The number of rotatable bonds is 9. The first-order valence-electron chi connectivity index (χ1n) is 9.43. The van der Waals surface area contributed by atoms with Crippen molar-refractivity contribution in [2.45, 2.75) is 19.9 Å². The molecule has 0 fully saturated rings. The Labute approximate surface area is 172 Å². The molecule has 6 nitrogen and oxygen atoms in total. The molecule has 3 heterocycles. The van der Waals surface area contributed by atoms with E-state index >= 15 is 0 Å². The second-order valence-corrected chi connectivity index (χ2v) is 7.49. The van der Waals surface area contributed by atoms with E-state index in [1.54, 1.807) is 17.8 Å². The Morgan fingerprint density at radius 1 is 1.24 bits per heavy atom. The molecule has 0 saturated carbocycles. The van der Waals surface area contributed by atoms with Crippen LogP contribution in [-0.2, 0) is 6.54 Å². The van der Waals surface area contributed by atoms with Crippen LogP contribution in [0.4, 0.5) is 0 Å². The Morgan fingerprint density at radius 3 is 2.97 bits per heavy atom. The second kappa shape index (κ2) is 8.98. The van der Waals surface area contributed by atoms with Gasteiger partial charge in [0.05, 0.1) is 12.0 Å². The van der Waals surface area contributed by atoms with E-state index in [4.69, 9.17) is 9.15 Å². The Morgan fingerprint density at radius 2 is 2.17 bits per heavy atom. The van der Waals surface area contributed by atoms with E-state index in [-0.39, 0.29) is 5.78 Å². The molecule has 1 aromatic carbocycles. The highest BCUT2D eigenvalue weighted by Gasteiger charge is 2.22. The number of hydrogen-bond donors (Lipinski definition) is 1. The highest BCUT2D eigenvalue weighted by atomic mass is 32.1. The van der Waals surface area contributed by atoms with Crippen LogP contribution in [0.1, 0.15) is 33.1 Å². The molecule has 148 valence electrons. The van der Waals surface area contributed by atoms with Crippen molar-refractivity contribution in [2.75, 3.05) is 13.2 Å². The number of benzene rings is 1. The van der Waals surface area contributed by atoms with Gasteiger partial charge >= 0.3 is 0 Å². The number of aryl methyl sites for hydroxylation is 1. The summed E-state index contributed by atoms with van der Waals surface area (Å²) in [5, 5.41) is 6.43. The fourth-order valence-corrected chi connectivity index (χ4v) is 3.72. The van der Waals surface area contributed by atoms with Crippen LogP contribution in [0.2, 0.25) is 0 Å². The molecule has 0 amide bonds. The predicted molar refractivity (Wildman–Crippen MR) is 113 cm³/mol. The molecule has 0 aliphatic carbocycles. The SMILES string of the molecule is Cc1c(C(=O)c2nccs2)oc2cccc(OCCCNCc3cccnc3)c12. The van der Waals surface area contributed by atoms with Crippen molar-refractivity contribution < 1.29 is 13.9 Å². The Kier molecular flexibility index (Phi) is 5.97. The molecule has 0 atom stereocenters. The zero-order valence-corrected chi connectivity index (χ0v) is 16.9. The van der Waals surface area contributed by atoms with Crippen molar-refractivity contribution in [3.05, 3.63) is 76.2 Å². The van der Waals surface area contributed by atoms with Gasteiger partial charge in [-0.15, -0.1) is 11.3 Å². The fourth-order valence-electron chi connectivity index (χ4n) is 3.15. The molecule has 0 saturated heterocycles. The molecule has 3 aromatic heterocycles. The van der Waals surface area contributed by atoms with Gasteiger partial charge in [0.1, 0.15) is 11.3 Å². The van der Waals surface area contributed by atoms with Crippen LogP contribution >= 0.6 is 11.3 Å². The highest BCUT2D eigenvalue weighted by molar-refractivity contribution is 7.11. The first-order chi connectivity index (χ1) is 14.2. The summed E-state index contributed by atoms with van der Waals surface area (Å²) < 4.78 is 11.8. The fraction of sp³-hybridized carbons (Fsp3) is 0.227. The lowest BCUT2D eigenvalue weighted by atomic mass is 10.1. The van der Waals surface area contributed by atoms with Crippen LogP contribution in [0.15, 0.2) is 58.7 Å². The van der Waals surface area contributed by atoms with E-state index in [9.17, 15) is 4.79 Å². The number of aromatic nitrogens is 2. The van der Waals surface area contributed by atoms with E-state index in [1.165, 1.54) is 11.3 Å². The Bertz CT molecular complexity index is 1090. The molecule has 0 unspecified atom stereocenters. The monoisotopic (exact) mass is 407 g/mol. The number of carbonyl (C=O) groups excluding carboxylic acids is 1. The van der Waals surface area contributed by atoms with Gasteiger partial charge in [-0.2, -0.15) is 0 Å². The minimum absolute atomic E-state index is 0.195. The van der Waals surface area contributed by atoms with Crippen molar-refractivity contribution >= 4 is 28.1 Å². The zero-order valence-electron chi connectivity index (χ0n) is 16.1. The van der Waals surface area contributed by atoms with Gasteiger partial charge in [-0.3, -0.25) is 9.78 Å². The molecule has 29 heavy (non-hydrogen) atoms. The molecule has 0 bridgehead atoms. The summed E-state index contributed by atoms with van der Waals surface area (Å²) in [6.45, 7) is 4.07. The number of ether oxygens (including phenoxy) is 1. The van der Waals surface area contributed by atoms with Crippen LogP contribution < -0.4 is 10.1 Å². The zero-order chi connectivity index (χ0) is 20.1. The number of hydrogen-bond acceptors (Lipinski definition) is 7. The third kappa shape index (κ3) is 4.36. The Balaban J connectivity index is 1.38. The number of pyridine rings is 1. The normalized spacial score (nSPS) is 11.1. The number of furan rings is 1. The summed E-state index contributed by atoms with van der Waals surface area (Å²) in [6, 6.07) is 9.61. The summed E-state index contributed by atoms with van der Waals surface area (Å²) in [5.74, 6) is 0.859. The molecular weight excluding hydrogens is 386 g/mol. The van der Waals surface area contributed by atoms with Crippen LogP contribution in [-0.4, -0.2) is 28.9 Å². The summed E-state index contributed by atoms with van der Waals surface area (Å²) in [5.41, 5.74) is 2.59. The maximum Gasteiger partial charge on any atom is 0.256 e. The average molecular weight is 407 g/mol. The first-order valence-corrected chi connectivity index (χ1v) is 10.3. The maximum atomic E-state index is 12.7. The minimum Gasteiger partial charge on any atom is -0.493 e. The molecule has 0 radical (unpaired) electrons. The third-order valence-corrected chi connectivity index (χ3v) is 5.33. The number of ketones is 1. The van der Waals surface area contributed by atoms with Crippen molar-refractivity contribution in [1.82, 2.24) is 15.3 Å². The number of carbonyl (C=O) groups is 1. The first kappa shape index (κ1) is 19.3. The minimum atomic E-state index is -0.195. The number of fused-ring (bicyclic) bond motifs is 1. The molecule has 1 N–H and O–H groups in total. The quantitative estimate of drug-likeness (QED) is 0.328. The van der Waals surface area contributed by atoms with E-state index < -0.39 is 0 Å². The van der Waals surface area contributed by atoms with Gasteiger partial charge in [0, 0.05) is 36.1 Å². The molecule has 0 aliphatic heterocycles. The summed E-state index contributed by atoms with van der Waals surface area (Å²) in [7, 11) is 0. The highest BCUT2D eigenvalue weighted by Crippen LogP contribution is 2.34. The summed E-state index contributed by atoms with van der Waals surface area (Å²) in [4.78, 5) is 20.9. The summed E-state index contributed by atoms with van der Waals surface area (Å²) in [6.07, 6.45) is 6.10. The van der Waals surface area contributed by atoms with Crippen molar-refractivity contribution in [2.24, 2.45) is 0 Å². The van der Waals surface area contributed by atoms with Crippen LogP contribution in [0, 0.1) is 6.92 Å². The van der Waals surface area contributed by atoms with E-state index in [2.05, 4.69) is 15.3 Å². The van der Waals surface area contributed by atoms with Gasteiger partial charge in [0.2, 0.25) is 0 Å². The van der Waals surface area contributed by atoms with Crippen molar-refractivity contribution in [1.29, 1.82) is 0 Å². The topological polar surface area (TPSA) is 77.2 Å². The third-order valence-electron chi connectivity index (χ3n) is 4.56. The van der Waals surface area contributed by atoms with Gasteiger partial charge in [-0.1, -0.05) is 12.1 Å². The molecule has 0 spiro atoms. The lowest BCUT2D eigenvalue weighted by Gasteiger charge is -2.08. The maximum absolute atomic E-state index is 12.7. The smallest absolute Gasteiger partial charge is 0.256 e. The number of nitrogens with one attached hydrogen (secondary N) is 1. The van der Waals surface area contributed by atoms with Gasteiger partial charge < -0.3 is 14.5 Å². The van der Waals surface area contributed by atoms with E-state index in [1.807, 2.05) is 43.5 Å². The average Bonchev–Trinajstić information content (AvgIpc) is 3.40. The molecule has 0 aliphatic rings. The van der Waals surface area contributed by atoms with Gasteiger partial charge in [-0.05, 0) is 43.7 Å². The summed E-state index contributed by atoms with van der Waals surface area (Å²) >= 11 is 1.31. The largest absolute Gasteiger partial charge is 0.493 e. The lowest BCUT2D eigenvalue weighted by molar-refractivity contribution is 0.101. The molecule has 4 aromatic rings. The van der Waals surface area contributed by atoms with Gasteiger partial charge in [0.15, 0.2) is 10.8 Å². The Hall–Kier alpha value is -3.03. The number of thiazole rings is 1. The standard InChI is InChI=1S/C22H21N3O3S/c1-15-19-17(27-11-4-9-24-14-16-5-3-8-23-13-16)6-2-7-18(19)28-21(15)20(26)22-25-10-12-29-22/h2-3,5-8,10,12-13,24H,4,9,11,14H2,1H3. The van der Waals surface area contributed by atoms with Gasteiger partial charge in [0.25, 0.3) is 5.78 Å². The van der Waals surface area contributed by atoms with E-state index in [0.717, 1.165) is 41.8 Å². The molecule has 7 heteroatoms. The van der Waals surface area contributed by atoms with E-state index in [0.29, 0.717) is 23.0 Å². The molecular formula is C22H21N3O3S. The second-order valence-electron chi connectivity index (χ2n) is 6.59. The molecule has 4 rings (SSSR count). The van der Waals surface area contributed by atoms with Crippen molar-refractivity contribution in [3.63, 3.8) is 0 Å². The van der Waals surface area contributed by atoms with Crippen molar-refractivity contribution in [3.8, 4) is 5.75 Å².